The van der Waals surface area contributed by atoms with Gasteiger partial charge < -0.3 is 19.3 Å². The molecular weight excluding hydrogens is 412 g/mol. The van der Waals surface area contributed by atoms with Crippen molar-refractivity contribution >= 4 is 23.6 Å². The number of hydrogen-bond donors (Lipinski definition) is 0. The molecule has 0 radical (unpaired) electrons. The number of likely N-dealkylation sites (N-methyl/N-ethyl adjacent to an activating group) is 1. The first kappa shape index (κ1) is 23.9. The molecule has 2 atom stereocenters. The minimum atomic E-state index is 0.0277. The number of ether oxygens (including phenoxy) is 2. The van der Waals surface area contributed by atoms with Crippen LogP contribution in [-0.2, 0) is 20.7 Å². The Kier molecular flexibility index (Phi) is 9.08. The second-order valence-corrected chi connectivity index (χ2v) is 9.58. The second kappa shape index (κ2) is 11.8. The number of carbonyl (C=O) groups excluding carboxylic acids is 2. The molecule has 6 nitrogen and oxygen atoms in total. The highest BCUT2D eigenvalue weighted by atomic mass is 32.2. The fourth-order valence-electron chi connectivity index (χ4n) is 4.70. The molecule has 0 spiro atoms. The van der Waals surface area contributed by atoms with E-state index >= 15 is 0 Å². The standard InChI is InChI=1S/C24H36N2O4S/c1-25(23(27)10-14-31-3)22(16-18-5-4-6-21(15-18)29-2)19-7-11-26(12-8-19)24(28)20-9-13-30-17-20/h4-6,15,19-20,22H,7-14,16-17H2,1-3H3. The van der Waals surface area contributed by atoms with Crippen LogP contribution in [0.2, 0.25) is 0 Å². The molecule has 1 aromatic carbocycles. The van der Waals surface area contributed by atoms with Crippen LogP contribution in [0.1, 0.15) is 31.2 Å². The summed E-state index contributed by atoms with van der Waals surface area (Å²) in [5.41, 5.74) is 1.18. The van der Waals surface area contributed by atoms with E-state index < -0.39 is 0 Å². The second-order valence-electron chi connectivity index (χ2n) is 8.59. The van der Waals surface area contributed by atoms with E-state index in [2.05, 4.69) is 12.1 Å². The molecule has 7 heteroatoms. The lowest BCUT2D eigenvalue weighted by atomic mass is 9.84. The first-order valence-corrected chi connectivity index (χ1v) is 12.7. The van der Waals surface area contributed by atoms with Crippen LogP contribution in [0.4, 0.5) is 0 Å². The van der Waals surface area contributed by atoms with E-state index in [9.17, 15) is 9.59 Å². The van der Waals surface area contributed by atoms with Gasteiger partial charge in [-0.2, -0.15) is 11.8 Å². The van der Waals surface area contributed by atoms with Gasteiger partial charge in [0, 0.05) is 45.0 Å². The summed E-state index contributed by atoms with van der Waals surface area (Å²) in [4.78, 5) is 29.6. The first-order valence-electron chi connectivity index (χ1n) is 11.3. The van der Waals surface area contributed by atoms with Crippen LogP contribution in [0.5, 0.6) is 5.75 Å². The van der Waals surface area contributed by atoms with Crippen molar-refractivity contribution in [3.8, 4) is 5.75 Å². The lowest BCUT2D eigenvalue weighted by Gasteiger charge is -2.40. The molecule has 2 aliphatic rings. The molecule has 2 aliphatic heterocycles. The number of methoxy groups -OCH3 is 1. The predicted octanol–water partition coefficient (Wildman–Crippen LogP) is 3.09. The number of hydrogen-bond acceptors (Lipinski definition) is 5. The maximum absolute atomic E-state index is 12.9. The molecule has 0 N–H and O–H groups in total. The molecule has 0 aromatic heterocycles. The number of benzene rings is 1. The zero-order valence-electron chi connectivity index (χ0n) is 19.0. The number of piperidine rings is 1. The summed E-state index contributed by atoms with van der Waals surface area (Å²) in [5.74, 6) is 2.52. The zero-order chi connectivity index (χ0) is 22.2. The summed E-state index contributed by atoms with van der Waals surface area (Å²) in [6, 6.07) is 8.24. The molecule has 2 saturated heterocycles. The molecule has 2 amide bonds. The highest BCUT2D eigenvalue weighted by Crippen LogP contribution is 2.29. The average Bonchev–Trinajstić information content (AvgIpc) is 3.35. The molecule has 3 rings (SSSR count). The van der Waals surface area contributed by atoms with Gasteiger partial charge in [-0.3, -0.25) is 9.59 Å². The van der Waals surface area contributed by atoms with E-state index in [1.165, 1.54) is 5.56 Å². The summed E-state index contributed by atoms with van der Waals surface area (Å²) in [7, 11) is 3.62. The Balaban J connectivity index is 1.68. The monoisotopic (exact) mass is 448 g/mol. The molecule has 0 aliphatic carbocycles. The van der Waals surface area contributed by atoms with Gasteiger partial charge in [-0.1, -0.05) is 12.1 Å². The van der Waals surface area contributed by atoms with Crippen LogP contribution >= 0.6 is 11.8 Å². The summed E-state index contributed by atoms with van der Waals surface area (Å²) < 4.78 is 10.8. The van der Waals surface area contributed by atoms with Crippen molar-refractivity contribution in [2.45, 2.75) is 38.1 Å². The fraction of sp³-hybridized carbons (Fsp3) is 0.667. The van der Waals surface area contributed by atoms with Gasteiger partial charge in [0.05, 0.1) is 19.6 Å². The Labute approximate surface area is 190 Å². The Morgan fingerprint density at radius 1 is 1.29 bits per heavy atom. The zero-order valence-corrected chi connectivity index (χ0v) is 19.9. The Morgan fingerprint density at radius 2 is 2.06 bits per heavy atom. The molecule has 2 unspecified atom stereocenters. The van der Waals surface area contributed by atoms with Crippen molar-refractivity contribution in [3.05, 3.63) is 29.8 Å². The average molecular weight is 449 g/mol. The van der Waals surface area contributed by atoms with E-state index in [4.69, 9.17) is 9.47 Å². The summed E-state index contributed by atoms with van der Waals surface area (Å²) >= 11 is 1.70. The highest BCUT2D eigenvalue weighted by molar-refractivity contribution is 7.98. The van der Waals surface area contributed by atoms with Crippen LogP contribution in [0.3, 0.4) is 0 Å². The lowest BCUT2D eigenvalue weighted by Crippen LogP contribution is -2.49. The number of thioether (sulfide) groups is 1. The van der Waals surface area contributed by atoms with Crippen molar-refractivity contribution in [2.75, 3.05) is 52.5 Å². The smallest absolute Gasteiger partial charge is 0.228 e. The summed E-state index contributed by atoms with van der Waals surface area (Å²) in [6.45, 7) is 2.78. The van der Waals surface area contributed by atoms with Gasteiger partial charge in [-0.05, 0) is 55.6 Å². The van der Waals surface area contributed by atoms with Gasteiger partial charge in [-0.15, -0.1) is 0 Å². The van der Waals surface area contributed by atoms with Crippen LogP contribution in [0.25, 0.3) is 0 Å². The molecule has 172 valence electrons. The lowest BCUT2D eigenvalue weighted by molar-refractivity contribution is -0.139. The quantitative estimate of drug-likeness (QED) is 0.581. The molecule has 2 fully saturated rings. The van der Waals surface area contributed by atoms with Crippen molar-refractivity contribution in [2.24, 2.45) is 11.8 Å². The third-order valence-electron chi connectivity index (χ3n) is 6.66. The van der Waals surface area contributed by atoms with Gasteiger partial charge in [0.15, 0.2) is 0 Å². The van der Waals surface area contributed by atoms with Crippen molar-refractivity contribution in [1.82, 2.24) is 9.80 Å². The third kappa shape index (κ3) is 6.39. The first-order chi connectivity index (χ1) is 15.0. The maximum atomic E-state index is 12.9. The summed E-state index contributed by atoms with van der Waals surface area (Å²) in [6.07, 6.45) is 6.08. The Hall–Kier alpha value is -1.73. The van der Waals surface area contributed by atoms with Gasteiger partial charge in [-0.25, -0.2) is 0 Å². The van der Waals surface area contributed by atoms with Gasteiger partial charge in [0.2, 0.25) is 11.8 Å². The number of likely N-dealkylation sites (tertiary alicyclic amines) is 1. The van der Waals surface area contributed by atoms with Crippen molar-refractivity contribution in [1.29, 1.82) is 0 Å². The van der Waals surface area contributed by atoms with Gasteiger partial charge in [0.25, 0.3) is 0 Å². The Bertz CT molecular complexity index is 730. The molecule has 0 bridgehead atoms. The summed E-state index contributed by atoms with van der Waals surface area (Å²) in [5, 5.41) is 0. The normalized spacial score (nSPS) is 20.5. The molecule has 2 heterocycles. The topological polar surface area (TPSA) is 59.1 Å². The fourth-order valence-corrected chi connectivity index (χ4v) is 5.08. The van der Waals surface area contributed by atoms with E-state index in [1.807, 2.05) is 35.2 Å². The van der Waals surface area contributed by atoms with E-state index in [1.54, 1.807) is 18.9 Å². The SMILES string of the molecule is COc1cccc(CC(C2CCN(C(=O)C3CCOC3)CC2)N(C)C(=O)CCSC)c1. The van der Waals surface area contributed by atoms with Crippen LogP contribution in [0, 0.1) is 11.8 Å². The minimum Gasteiger partial charge on any atom is -0.497 e. The van der Waals surface area contributed by atoms with Gasteiger partial charge in [0.1, 0.15) is 5.75 Å². The van der Waals surface area contributed by atoms with E-state index in [-0.39, 0.29) is 23.8 Å². The van der Waals surface area contributed by atoms with E-state index in [0.717, 1.165) is 50.3 Å². The molecular formula is C24H36N2O4S. The van der Waals surface area contributed by atoms with Crippen LogP contribution in [0.15, 0.2) is 24.3 Å². The van der Waals surface area contributed by atoms with Gasteiger partial charge >= 0.3 is 0 Å². The van der Waals surface area contributed by atoms with Crippen LogP contribution < -0.4 is 4.74 Å². The van der Waals surface area contributed by atoms with E-state index in [0.29, 0.717) is 25.6 Å². The highest BCUT2D eigenvalue weighted by Gasteiger charge is 2.35. The Morgan fingerprint density at radius 3 is 2.71 bits per heavy atom. The molecule has 0 saturated carbocycles. The largest absolute Gasteiger partial charge is 0.497 e. The number of carbonyl (C=O) groups is 2. The molecule has 1 aromatic rings. The predicted molar refractivity (Wildman–Crippen MR) is 124 cm³/mol. The minimum absolute atomic E-state index is 0.0277. The number of nitrogens with zero attached hydrogens (tertiary/aromatic N) is 2. The van der Waals surface area contributed by atoms with Crippen LogP contribution in [-0.4, -0.2) is 80.1 Å². The van der Waals surface area contributed by atoms with Crippen molar-refractivity contribution in [3.63, 3.8) is 0 Å². The number of rotatable bonds is 9. The number of amides is 2. The third-order valence-corrected chi connectivity index (χ3v) is 7.28. The molecule has 31 heavy (non-hydrogen) atoms. The van der Waals surface area contributed by atoms with Crippen molar-refractivity contribution < 1.29 is 19.1 Å². The maximum Gasteiger partial charge on any atom is 0.228 e.